The molecule has 2 heterocycles. The van der Waals surface area contributed by atoms with Crippen molar-refractivity contribution in [2.24, 2.45) is 12.5 Å². The van der Waals surface area contributed by atoms with Gasteiger partial charge in [0.15, 0.2) is 0 Å². The first-order valence-corrected chi connectivity index (χ1v) is 8.58. The number of nitrogens with zero attached hydrogens (tertiary/aromatic N) is 1. The second-order valence-corrected chi connectivity index (χ2v) is 7.09. The lowest BCUT2D eigenvalue weighted by Gasteiger charge is -2.52. The number of ether oxygens (including phenoxy) is 1. The predicted octanol–water partition coefficient (Wildman–Crippen LogP) is 2.80. The summed E-state index contributed by atoms with van der Waals surface area (Å²) in [4.78, 5) is 12.5. The summed E-state index contributed by atoms with van der Waals surface area (Å²) in [5, 5.41) is 4.48. The molecule has 1 unspecified atom stereocenters. The molecule has 1 saturated heterocycles. The van der Waals surface area contributed by atoms with E-state index >= 15 is 0 Å². The molecule has 2 aromatic rings. The van der Waals surface area contributed by atoms with Crippen molar-refractivity contribution in [2.75, 3.05) is 13.2 Å². The summed E-state index contributed by atoms with van der Waals surface area (Å²) in [6.07, 6.45) is 7.06. The van der Waals surface area contributed by atoms with Crippen LogP contribution in [0.25, 0.3) is 10.9 Å². The maximum Gasteiger partial charge on any atom is 0.224 e. The van der Waals surface area contributed by atoms with Crippen molar-refractivity contribution in [3.8, 4) is 0 Å². The first-order chi connectivity index (χ1) is 11.2. The second kappa shape index (κ2) is 5.68. The van der Waals surface area contributed by atoms with Gasteiger partial charge >= 0.3 is 0 Å². The minimum Gasteiger partial charge on any atom is -0.381 e. The summed E-state index contributed by atoms with van der Waals surface area (Å²) in [7, 11) is 2.03. The van der Waals surface area contributed by atoms with Crippen LogP contribution in [0.15, 0.2) is 30.5 Å². The molecule has 1 aliphatic carbocycles. The summed E-state index contributed by atoms with van der Waals surface area (Å²) in [6.45, 7) is 1.69. The van der Waals surface area contributed by atoms with Crippen LogP contribution in [0, 0.1) is 5.41 Å². The molecule has 2 aliphatic rings. The van der Waals surface area contributed by atoms with Crippen molar-refractivity contribution in [2.45, 2.75) is 38.1 Å². The Kier molecular flexibility index (Phi) is 3.64. The molecule has 2 fully saturated rings. The van der Waals surface area contributed by atoms with Gasteiger partial charge in [0.05, 0.1) is 6.42 Å². The van der Waals surface area contributed by atoms with Crippen molar-refractivity contribution in [3.05, 3.63) is 36.0 Å². The molecule has 23 heavy (non-hydrogen) atoms. The van der Waals surface area contributed by atoms with E-state index in [-0.39, 0.29) is 5.91 Å². The van der Waals surface area contributed by atoms with E-state index in [0.717, 1.165) is 38.0 Å². The Morgan fingerprint density at radius 2 is 2.09 bits per heavy atom. The van der Waals surface area contributed by atoms with Crippen LogP contribution in [0.5, 0.6) is 0 Å². The van der Waals surface area contributed by atoms with Crippen LogP contribution in [0.3, 0.4) is 0 Å². The fourth-order valence-electron chi connectivity index (χ4n) is 4.28. The zero-order valence-electron chi connectivity index (χ0n) is 13.7. The van der Waals surface area contributed by atoms with Crippen molar-refractivity contribution < 1.29 is 9.53 Å². The summed E-state index contributed by atoms with van der Waals surface area (Å²) in [5.74, 6) is 0.150. The third-order valence-electron chi connectivity index (χ3n) is 5.82. The van der Waals surface area contributed by atoms with Crippen LogP contribution in [-0.2, 0) is 23.0 Å². The van der Waals surface area contributed by atoms with E-state index in [9.17, 15) is 4.79 Å². The Balaban J connectivity index is 1.46. The lowest BCUT2D eigenvalue weighted by Crippen LogP contribution is -2.57. The van der Waals surface area contributed by atoms with Crippen molar-refractivity contribution >= 4 is 16.8 Å². The lowest BCUT2D eigenvalue weighted by atomic mass is 9.60. The molecule has 122 valence electrons. The highest BCUT2D eigenvalue weighted by Gasteiger charge is 2.47. The average molecular weight is 312 g/mol. The zero-order chi connectivity index (χ0) is 15.9. The Bertz CT molecular complexity index is 728. The van der Waals surface area contributed by atoms with Gasteiger partial charge < -0.3 is 14.6 Å². The number of benzene rings is 1. The highest BCUT2D eigenvalue weighted by atomic mass is 16.5. The van der Waals surface area contributed by atoms with E-state index in [4.69, 9.17) is 4.74 Å². The SMILES string of the molecule is Cn1cc(CC(=O)NC2CCC23CCOCC3)c2ccccc21. The fraction of sp³-hybridized carbons (Fsp3) is 0.526. The monoisotopic (exact) mass is 312 g/mol. The molecular weight excluding hydrogens is 288 g/mol. The number of carbonyl (C=O) groups excluding carboxylic acids is 1. The first kappa shape index (κ1) is 14.8. The minimum absolute atomic E-state index is 0.150. The largest absolute Gasteiger partial charge is 0.381 e. The Morgan fingerprint density at radius 3 is 2.83 bits per heavy atom. The molecule has 4 heteroatoms. The molecule has 4 nitrogen and oxygen atoms in total. The van der Waals surface area contributed by atoms with Gasteiger partial charge in [0.1, 0.15) is 0 Å². The molecule has 1 atom stereocenters. The van der Waals surface area contributed by atoms with Crippen LogP contribution in [0.1, 0.15) is 31.2 Å². The van der Waals surface area contributed by atoms with Gasteiger partial charge in [-0.1, -0.05) is 18.2 Å². The number of carbonyl (C=O) groups is 1. The number of aryl methyl sites for hydroxylation is 1. The van der Waals surface area contributed by atoms with Crippen LogP contribution in [0.2, 0.25) is 0 Å². The number of rotatable bonds is 3. The molecule has 4 rings (SSSR count). The minimum atomic E-state index is 0.150. The summed E-state index contributed by atoms with van der Waals surface area (Å²) < 4.78 is 7.58. The Hall–Kier alpha value is -1.81. The number of aromatic nitrogens is 1. The highest BCUT2D eigenvalue weighted by Crippen LogP contribution is 2.48. The maximum atomic E-state index is 12.5. The second-order valence-electron chi connectivity index (χ2n) is 7.09. The van der Waals surface area contributed by atoms with Crippen LogP contribution in [-0.4, -0.2) is 29.7 Å². The molecule has 1 aliphatic heterocycles. The van der Waals surface area contributed by atoms with Gasteiger partial charge in [-0.05, 0) is 42.7 Å². The van der Waals surface area contributed by atoms with E-state index in [1.165, 1.54) is 17.3 Å². The molecule has 1 spiro atoms. The van der Waals surface area contributed by atoms with E-state index in [0.29, 0.717) is 17.9 Å². The van der Waals surface area contributed by atoms with Gasteiger partial charge in [-0.25, -0.2) is 0 Å². The Morgan fingerprint density at radius 1 is 1.30 bits per heavy atom. The Labute approximate surface area is 136 Å². The third kappa shape index (κ3) is 2.55. The molecule has 0 radical (unpaired) electrons. The number of amides is 1. The molecule has 1 amide bonds. The number of nitrogens with one attached hydrogen (secondary N) is 1. The summed E-state index contributed by atoms with van der Waals surface area (Å²) in [5.41, 5.74) is 2.60. The molecule has 1 N–H and O–H groups in total. The quantitative estimate of drug-likeness (QED) is 0.947. The zero-order valence-corrected chi connectivity index (χ0v) is 13.7. The average Bonchev–Trinajstić information content (AvgIpc) is 2.89. The van der Waals surface area contributed by atoms with E-state index in [1.54, 1.807) is 0 Å². The number of para-hydroxylation sites is 1. The predicted molar refractivity (Wildman–Crippen MR) is 90.3 cm³/mol. The van der Waals surface area contributed by atoms with Gasteiger partial charge in [0, 0.05) is 43.4 Å². The van der Waals surface area contributed by atoms with Gasteiger partial charge in [-0.2, -0.15) is 0 Å². The van der Waals surface area contributed by atoms with Crippen molar-refractivity contribution in [1.29, 1.82) is 0 Å². The van der Waals surface area contributed by atoms with E-state index in [1.807, 2.05) is 19.2 Å². The van der Waals surface area contributed by atoms with E-state index in [2.05, 4.69) is 28.2 Å². The van der Waals surface area contributed by atoms with Crippen molar-refractivity contribution in [1.82, 2.24) is 9.88 Å². The van der Waals surface area contributed by atoms with Crippen LogP contribution in [0.4, 0.5) is 0 Å². The summed E-state index contributed by atoms with van der Waals surface area (Å²) in [6, 6.07) is 8.61. The molecule has 1 aromatic heterocycles. The number of fused-ring (bicyclic) bond motifs is 1. The smallest absolute Gasteiger partial charge is 0.224 e. The van der Waals surface area contributed by atoms with Crippen LogP contribution < -0.4 is 5.32 Å². The molecule has 1 aromatic carbocycles. The van der Waals surface area contributed by atoms with Gasteiger partial charge in [-0.3, -0.25) is 4.79 Å². The molecule has 1 saturated carbocycles. The van der Waals surface area contributed by atoms with Crippen LogP contribution >= 0.6 is 0 Å². The maximum absolute atomic E-state index is 12.5. The van der Waals surface area contributed by atoms with Gasteiger partial charge in [0.25, 0.3) is 0 Å². The first-order valence-electron chi connectivity index (χ1n) is 8.58. The number of hydrogen-bond donors (Lipinski definition) is 1. The lowest BCUT2D eigenvalue weighted by molar-refractivity contribution is -0.126. The van der Waals surface area contributed by atoms with E-state index < -0.39 is 0 Å². The highest BCUT2D eigenvalue weighted by molar-refractivity contribution is 5.89. The molecule has 0 bridgehead atoms. The standard InChI is InChI=1S/C19H24N2O2/c1-21-13-14(15-4-2-3-5-16(15)21)12-18(22)20-17-6-7-19(17)8-10-23-11-9-19/h2-5,13,17H,6-12H2,1H3,(H,20,22). The topological polar surface area (TPSA) is 43.3 Å². The van der Waals surface area contributed by atoms with Crippen molar-refractivity contribution in [3.63, 3.8) is 0 Å². The normalized spacial score (nSPS) is 22.9. The van der Waals surface area contributed by atoms with Gasteiger partial charge in [0.2, 0.25) is 5.91 Å². The fourth-order valence-corrected chi connectivity index (χ4v) is 4.28. The summed E-state index contributed by atoms with van der Waals surface area (Å²) >= 11 is 0. The number of hydrogen-bond acceptors (Lipinski definition) is 2. The third-order valence-corrected chi connectivity index (χ3v) is 5.82. The molecular formula is C19H24N2O2. The van der Waals surface area contributed by atoms with Gasteiger partial charge in [-0.15, -0.1) is 0 Å².